The summed E-state index contributed by atoms with van der Waals surface area (Å²) in [5.74, 6) is 0.828. The molecule has 2 atom stereocenters. The molecule has 2 amide bonds. The zero-order chi connectivity index (χ0) is 18.8. The molecule has 0 bridgehead atoms. The fourth-order valence-corrected chi connectivity index (χ4v) is 4.48. The van der Waals surface area contributed by atoms with Crippen molar-refractivity contribution in [3.63, 3.8) is 0 Å². The lowest BCUT2D eigenvalue weighted by molar-refractivity contribution is 0.0773. The molecule has 6 heteroatoms. The van der Waals surface area contributed by atoms with E-state index in [2.05, 4.69) is 4.90 Å². The van der Waals surface area contributed by atoms with E-state index in [1.54, 1.807) is 18.4 Å². The molecule has 0 radical (unpaired) electrons. The fraction of sp³-hybridized carbons (Fsp3) is 0.429. The average Bonchev–Trinajstić information content (AvgIpc) is 3.38. The Balaban J connectivity index is 1.25. The number of amides is 2. The highest BCUT2D eigenvalue weighted by Crippen LogP contribution is 2.32. The molecule has 1 unspecified atom stereocenters. The van der Waals surface area contributed by atoms with Crippen LogP contribution >= 0.6 is 0 Å². The van der Waals surface area contributed by atoms with Gasteiger partial charge in [-0.25, -0.2) is 0 Å². The van der Waals surface area contributed by atoms with Gasteiger partial charge in [-0.15, -0.1) is 0 Å². The summed E-state index contributed by atoms with van der Waals surface area (Å²) < 4.78 is 5.03. The van der Waals surface area contributed by atoms with Gasteiger partial charge in [-0.2, -0.15) is 0 Å². The molecule has 27 heavy (non-hydrogen) atoms. The van der Waals surface area contributed by atoms with E-state index >= 15 is 0 Å². The minimum absolute atomic E-state index is 0.0766. The number of hydrogen-bond donors (Lipinski definition) is 1. The number of aryl methyl sites for hydroxylation is 1. The molecule has 0 saturated carbocycles. The molecule has 3 heterocycles. The quantitative estimate of drug-likeness (QED) is 0.847. The highest BCUT2D eigenvalue weighted by molar-refractivity contribution is 5.94. The van der Waals surface area contributed by atoms with Crippen LogP contribution in [0.4, 0.5) is 0 Å². The molecule has 2 aromatic rings. The molecule has 6 nitrogen and oxygen atoms in total. The maximum Gasteiger partial charge on any atom is 0.257 e. The Morgan fingerprint density at radius 1 is 1.07 bits per heavy atom. The van der Waals surface area contributed by atoms with Crippen LogP contribution in [-0.4, -0.2) is 54.3 Å². The van der Waals surface area contributed by atoms with Crippen LogP contribution in [0, 0.1) is 11.8 Å². The summed E-state index contributed by atoms with van der Waals surface area (Å²) in [6.07, 6.45) is 4.92. The van der Waals surface area contributed by atoms with Gasteiger partial charge in [-0.3, -0.25) is 9.59 Å². The van der Waals surface area contributed by atoms with E-state index in [1.807, 2.05) is 23.1 Å². The molecule has 2 aliphatic heterocycles. The number of rotatable bonds is 6. The average molecular weight is 367 g/mol. The van der Waals surface area contributed by atoms with Gasteiger partial charge in [0.05, 0.1) is 11.8 Å². The fourth-order valence-electron chi connectivity index (χ4n) is 4.48. The first kappa shape index (κ1) is 17.8. The molecule has 2 saturated heterocycles. The van der Waals surface area contributed by atoms with Crippen molar-refractivity contribution in [2.75, 3.05) is 32.7 Å². The van der Waals surface area contributed by atoms with Gasteiger partial charge in [0.2, 0.25) is 5.91 Å². The Morgan fingerprint density at radius 3 is 2.48 bits per heavy atom. The SMILES string of the molecule is NC(=O)c1ccccc1CCCN1CC2CN(C(=O)c3ccoc3)C[C@@H]2C1. The number of likely N-dealkylation sites (tertiary alicyclic amines) is 2. The summed E-state index contributed by atoms with van der Waals surface area (Å²) in [4.78, 5) is 28.4. The third kappa shape index (κ3) is 3.76. The molecule has 1 aromatic heterocycles. The van der Waals surface area contributed by atoms with Gasteiger partial charge >= 0.3 is 0 Å². The molecule has 4 rings (SSSR count). The summed E-state index contributed by atoms with van der Waals surface area (Å²) in [6.45, 7) is 4.75. The molecule has 1 aromatic carbocycles. The lowest BCUT2D eigenvalue weighted by atomic mass is 10.0. The van der Waals surface area contributed by atoms with Crippen molar-refractivity contribution in [2.24, 2.45) is 17.6 Å². The second kappa shape index (κ2) is 7.56. The first-order valence-electron chi connectivity index (χ1n) is 9.53. The van der Waals surface area contributed by atoms with Crippen LogP contribution in [0.3, 0.4) is 0 Å². The van der Waals surface area contributed by atoms with E-state index in [4.69, 9.17) is 10.2 Å². The van der Waals surface area contributed by atoms with E-state index in [0.29, 0.717) is 23.0 Å². The third-order valence-electron chi connectivity index (χ3n) is 5.82. The van der Waals surface area contributed by atoms with Crippen LogP contribution in [-0.2, 0) is 6.42 Å². The Morgan fingerprint density at radius 2 is 1.81 bits per heavy atom. The molecule has 2 N–H and O–H groups in total. The number of fused-ring (bicyclic) bond motifs is 1. The van der Waals surface area contributed by atoms with Gasteiger partial charge in [-0.05, 0) is 48.9 Å². The zero-order valence-electron chi connectivity index (χ0n) is 15.3. The van der Waals surface area contributed by atoms with E-state index in [1.165, 1.54) is 6.26 Å². The number of benzene rings is 1. The number of hydrogen-bond acceptors (Lipinski definition) is 4. The van der Waals surface area contributed by atoms with E-state index in [0.717, 1.165) is 51.1 Å². The smallest absolute Gasteiger partial charge is 0.257 e. The predicted molar refractivity (Wildman–Crippen MR) is 101 cm³/mol. The van der Waals surface area contributed by atoms with Gasteiger partial charge in [0.1, 0.15) is 6.26 Å². The number of nitrogens with zero attached hydrogens (tertiary/aromatic N) is 2. The van der Waals surface area contributed by atoms with Crippen LogP contribution in [0.2, 0.25) is 0 Å². The van der Waals surface area contributed by atoms with Gasteiger partial charge in [0.15, 0.2) is 0 Å². The minimum Gasteiger partial charge on any atom is -0.472 e. The van der Waals surface area contributed by atoms with Crippen molar-refractivity contribution >= 4 is 11.8 Å². The zero-order valence-corrected chi connectivity index (χ0v) is 15.3. The molecule has 2 fully saturated rings. The topological polar surface area (TPSA) is 79.8 Å². The van der Waals surface area contributed by atoms with Crippen molar-refractivity contribution in [1.29, 1.82) is 0 Å². The van der Waals surface area contributed by atoms with Crippen molar-refractivity contribution in [3.8, 4) is 0 Å². The van der Waals surface area contributed by atoms with Gasteiger partial charge < -0.3 is 20.0 Å². The highest BCUT2D eigenvalue weighted by Gasteiger charge is 2.41. The number of primary amides is 1. The van der Waals surface area contributed by atoms with Crippen molar-refractivity contribution < 1.29 is 14.0 Å². The van der Waals surface area contributed by atoms with E-state index in [-0.39, 0.29) is 11.8 Å². The standard InChI is InChI=1S/C21H25N3O3/c22-20(25)19-6-2-1-4-15(19)5-3-8-23-10-17-12-24(13-18(17)11-23)21(26)16-7-9-27-14-16/h1-2,4,6-7,9,14,17-18H,3,5,8,10-13H2,(H2,22,25)/t17-,18?/m0/s1. The van der Waals surface area contributed by atoms with Crippen molar-refractivity contribution in [1.82, 2.24) is 9.80 Å². The van der Waals surface area contributed by atoms with Crippen LogP contribution in [0.1, 0.15) is 32.7 Å². The van der Waals surface area contributed by atoms with Gasteiger partial charge in [0, 0.05) is 31.7 Å². The summed E-state index contributed by atoms with van der Waals surface area (Å²) >= 11 is 0. The number of carbonyl (C=O) groups excluding carboxylic acids is 2. The Bertz CT molecular complexity index is 804. The van der Waals surface area contributed by atoms with Gasteiger partial charge in [0.25, 0.3) is 5.91 Å². The number of nitrogens with two attached hydrogens (primary N) is 1. The number of furan rings is 1. The van der Waals surface area contributed by atoms with E-state index in [9.17, 15) is 9.59 Å². The van der Waals surface area contributed by atoms with Crippen LogP contribution in [0.25, 0.3) is 0 Å². The summed E-state index contributed by atoms with van der Waals surface area (Å²) in [5, 5.41) is 0. The summed E-state index contributed by atoms with van der Waals surface area (Å²) in [5.41, 5.74) is 7.75. The third-order valence-corrected chi connectivity index (χ3v) is 5.82. The summed E-state index contributed by atoms with van der Waals surface area (Å²) in [7, 11) is 0. The normalized spacial score (nSPS) is 22.1. The largest absolute Gasteiger partial charge is 0.472 e. The highest BCUT2D eigenvalue weighted by atomic mass is 16.3. The van der Waals surface area contributed by atoms with Gasteiger partial charge in [-0.1, -0.05) is 18.2 Å². The monoisotopic (exact) mass is 367 g/mol. The molecule has 142 valence electrons. The molecular formula is C21H25N3O3. The maximum absolute atomic E-state index is 12.5. The number of carbonyl (C=O) groups is 2. The van der Waals surface area contributed by atoms with Crippen molar-refractivity contribution in [2.45, 2.75) is 12.8 Å². The van der Waals surface area contributed by atoms with Crippen LogP contribution < -0.4 is 5.73 Å². The molecule has 0 spiro atoms. The van der Waals surface area contributed by atoms with Crippen LogP contribution in [0.15, 0.2) is 47.3 Å². The molecular weight excluding hydrogens is 342 g/mol. The molecule has 0 aliphatic carbocycles. The van der Waals surface area contributed by atoms with Crippen LogP contribution in [0.5, 0.6) is 0 Å². The lowest BCUT2D eigenvalue weighted by Gasteiger charge is -2.21. The predicted octanol–water partition coefficient (Wildman–Crippen LogP) is 2.02. The lowest BCUT2D eigenvalue weighted by Crippen LogP contribution is -2.33. The Hall–Kier alpha value is -2.60. The molecule has 2 aliphatic rings. The van der Waals surface area contributed by atoms with E-state index < -0.39 is 0 Å². The Labute approximate surface area is 158 Å². The Kier molecular flexibility index (Phi) is 4.99. The maximum atomic E-state index is 12.5. The minimum atomic E-state index is -0.358. The van der Waals surface area contributed by atoms with Crippen molar-refractivity contribution in [3.05, 3.63) is 59.5 Å². The second-order valence-electron chi connectivity index (χ2n) is 7.63. The first-order chi connectivity index (χ1) is 13.1. The summed E-state index contributed by atoms with van der Waals surface area (Å²) in [6, 6.07) is 9.31. The first-order valence-corrected chi connectivity index (χ1v) is 9.53. The second-order valence-corrected chi connectivity index (χ2v) is 7.63.